The van der Waals surface area contributed by atoms with Crippen LogP contribution in [0.3, 0.4) is 0 Å². The van der Waals surface area contributed by atoms with E-state index in [0.717, 1.165) is 19.3 Å². The Hall–Kier alpha value is -2.97. The topological polar surface area (TPSA) is 88.1 Å². The Labute approximate surface area is 172 Å². The lowest BCUT2D eigenvalue weighted by molar-refractivity contribution is -0.384. The molecule has 1 N–H and O–H groups in total. The Morgan fingerprint density at radius 3 is 2.27 bits per heavy atom. The number of halogens is 3. The molecule has 0 amide bonds. The van der Waals surface area contributed by atoms with E-state index in [1.807, 2.05) is 6.92 Å². The van der Waals surface area contributed by atoms with Crippen molar-refractivity contribution < 1.29 is 23.2 Å². The summed E-state index contributed by atoms with van der Waals surface area (Å²) >= 11 is 0. The Balaban J connectivity index is 2.53. The lowest BCUT2D eigenvalue weighted by Crippen LogP contribution is -2.22. The van der Waals surface area contributed by atoms with Gasteiger partial charge in [-0.2, -0.15) is 13.2 Å². The highest BCUT2D eigenvalue weighted by Crippen LogP contribution is 2.45. The normalized spacial score (nSPS) is 12.5. The molecular formula is C21H24F3N3O3. The van der Waals surface area contributed by atoms with Crippen LogP contribution in [0.2, 0.25) is 0 Å². The van der Waals surface area contributed by atoms with Gasteiger partial charge in [-0.15, -0.1) is 10.2 Å². The van der Waals surface area contributed by atoms with Gasteiger partial charge < -0.3 is 5.11 Å². The minimum absolute atomic E-state index is 0.000384. The maximum Gasteiger partial charge on any atom is 0.416 e. The first-order valence-corrected chi connectivity index (χ1v) is 9.57. The highest BCUT2D eigenvalue weighted by atomic mass is 19.4. The predicted octanol–water partition coefficient (Wildman–Crippen LogP) is 7.59. The minimum Gasteiger partial charge on any atom is -0.506 e. The molecule has 9 heteroatoms. The summed E-state index contributed by atoms with van der Waals surface area (Å²) < 4.78 is 40.9. The lowest BCUT2D eigenvalue weighted by Gasteiger charge is -2.29. The van der Waals surface area contributed by atoms with Gasteiger partial charge in [-0.1, -0.05) is 52.2 Å². The number of unbranched alkanes of at least 4 members (excludes halogenated alkanes) is 2. The third-order valence-corrected chi connectivity index (χ3v) is 4.90. The van der Waals surface area contributed by atoms with Crippen molar-refractivity contribution >= 4 is 17.1 Å². The standard InChI is InChI=1S/C21H24F3N3O3/c1-4-5-8-11-20(2,3)14-12-17(19(28)13-15(14)21(22,23)24)26-25-16-9-6-7-10-18(16)27(29)30/h6-7,9-10,12-13,28H,4-5,8,11H2,1-3H3. The molecule has 2 aromatic rings. The van der Waals surface area contributed by atoms with E-state index in [2.05, 4.69) is 10.2 Å². The van der Waals surface area contributed by atoms with Gasteiger partial charge in [0.15, 0.2) is 5.69 Å². The van der Waals surface area contributed by atoms with Gasteiger partial charge >= 0.3 is 6.18 Å². The number of nitro benzene ring substituents is 1. The van der Waals surface area contributed by atoms with E-state index in [1.54, 1.807) is 13.8 Å². The van der Waals surface area contributed by atoms with Gasteiger partial charge in [0.05, 0.1) is 10.5 Å². The van der Waals surface area contributed by atoms with Crippen molar-refractivity contribution in [2.45, 2.75) is 58.0 Å². The number of hydrogen-bond acceptors (Lipinski definition) is 5. The quantitative estimate of drug-likeness (QED) is 0.205. The molecule has 0 saturated heterocycles. The number of phenols is 1. The number of para-hydroxylation sites is 1. The maximum atomic E-state index is 13.6. The van der Waals surface area contributed by atoms with Crippen LogP contribution in [0.5, 0.6) is 5.75 Å². The monoisotopic (exact) mass is 423 g/mol. The van der Waals surface area contributed by atoms with E-state index >= 15 is 0 Å². The third-order valence-electron chi connectivity index (χ3n) is 4.90. The van der Waals surface area contributed by atoms with Crippen LogP contribution in [0.1, 0.15) is 57.6 Å². The van der Waals surface area contributed by atoms with Crippen molar-refractivity contribution in [1.82, 2.24) is 0 Å². The first kappa shape index (κ1) is 23.3. The van der Waals surface area contributed by atoms with Gasteiger partial charge in [0.25, 0.3) is 5.69 Å². The molecule has 0 fully saturated rings. The molecule has 2 aromatic carbocycles. The number of rotatable bonds is 8. The van der Waals surface area contributed by atoms with Crippen molar-refractivity contribution in [2.75, 3.05) is 0 Å². The highest BCUT2D eigenvalue weighted by molar-refractivity contribution is 5.60. The maximum absolute atomic E-state index is 13.6. The molecule has 0 radical (unpaired) electrons. The molecule has 0 aliphatic rings. The van der Waals surface area contributed by atoms with E-state index in [4.69, 9.17) is 0 Å². The van der Waals surface area contributed by atoms with Gasteiger partial charge in [-0.05, 0) is 35.6 Å². The number of benzene rings is 2. The predicted molar refractivity (Wildman–Crippen MR) is 108 cm³/mol. The zero-order chi connectivity index (χ0) is 22.5. The van der Waals surface area contributed by atoms with Gasteiger partial charge in [0.1, 0.15) is 11.4 Å². The second-order valence-electron chi connectivity index (χ2n) is 7.67. The Morgan fingerprint density at radius 2 is 1.67 bits per heavy atom. The number of hydrogen-bond donors (Lipinski definition) is 1. The van der Waals surface area contributed by atoms with Crippen LogP contribution >= 0.6 is 0 Å². The average Bonchev–Trinajstić information content (AvgIpc) is 2.66. The smallest absolute Gasteiger partial charge is 0.416 e. The van der Waals surface area contributed by atoms with Crippen molar-refractivity contribution in [3.8, 4) is 5.75 Å². The molecule has 0 spiro atoms. The summed E-state index contributed by atoms with van der Waals surface area (Å²) in [5, 5.41) is 28.8. The fourth-order valence-electron chi connectivity index (χ4n) is 3.21. The Morgan fingerprint density at radius 1 is 1.03 bits per heavy atom. The summed E-state index contributed by atoms with van der Waals surface area (Å²) in [7, 11) is 0. The molecular weight excluding hydrogens is 399 g/mol. The van der Waals surface area contributed by atoms with Crippen LogP contribution in [-0.2, 0) is 11.6 Å². The summed E-state index contributed by atoms with van der Waals surface area (Å²) in [4.78, 5) is 10.5. The highest BCUT2D eigenvalue weighted by Gasteiger charge is 2.38. The molecule has 2 rings (SSSR count). The molecule has 0 saturated carbocycles. The van der Waals surface area contributed by atoms with Crippen molar-refractivity contribution in [2.24, 2.45) is 10.2 Å². The average molecular weight is 423 g/mol. The van der Waals surface area contributed by atoms with E-state index in [-0.39, 0.29) is 22.6 Å². The van der Waals surface area contributed by atoms with Crippen LogP contribution in [0.25, 0.3) is 0 Å². The number of azo groups is 1. The number of nitro groups is 1. The van der Waals surface area contributed by atoms with Crippen LogP contribution in [0.4, 0.5) is 30.2 Å². The molecule has 0 unspecified atom stereocenters. The summed E-state index contributed by atoms with van der Waals surface area (Å²) in [6, 6.07) is 7.40. The SMILES string of the molecule is CCCCCC(C)(C)c1cc(N=Nc2ccccc2[N+](=O)[O-])c(O)cc1C(F)(F)F. The Kier molecular flexibility index (Phi) is 7.17. The van der Waals surface area contributed by atoms with Gasteiger partial charge in [0.2, 0.25) is 0 Å². The number of nitrogens with zero attached hydrogens (tertiary/aromatic N) is 3. The molecule has 0 bridgehead atoms. The summed E-state index contributed by atoms with van der Waals surface area (Å²) in [6.45, 7) is 5.44. The van der Waals surface area contributed by atoms with E-state index < -0.39 is 27.8 Å². The first-order valence-electron chi connectivity index (χ1n) is 9.57. The van der Waals surface area contributed by atoms with Crippen molar-refractivity contribution in [3.05, 3.63) is 57.6 Å². The lowest BCUT2D eigenvalue weighted by atomic mass is 9.77. The van der Waals surface area contributed by atoms with Gasteiger partial charge in [0, 0.05) is 6.07 Å². The molecule has 30 heavy (non-hydrogen) atoms. The Bertz CT molecular complexity index is 941. The van der Waals surface area contributed by atoms with E-state index in [0.29, 0.717) is 12.5 Å². The molecule has 6 nitrogen and oxygen atoms in total. The van der Waals surface area contributed by atoms with Crippen LogP contribution in [0, 0.1) is 10.1 Å². The van der Waals surface area contributed by atoms with Crippen molar-refractivity contribution in [1.29, 1.82) is 0 Å². The number of aromatic hydroxyl groups is 1. The fourth-order valence-corrected chi connectivity index (χ4v) is 3.21. The summed E-state index contributed by atoms with van der Waals surface area (Å²) in [5.41, 5.74) is -2.29. The zero-order valence-electron chi connectivity index (χ0n) is 17.0. The largest absolute Gasteiger partial charge is 0.506 e. The third kappa shape index (κ3) is 5.55. The van der Waals surface area contributed by atoms with Gasteiger partial charge in [-0.3, -0.25) is 10.1 Å². The molecule has 0 aliphatic heterocycles. The van der Waals surface area contributed by atoms with Crippen LogP contribution in [0.15, 0.2) is 46.6 Å². The molecule has 0 aliphatic carbocycles. The molecule has 162 valence electrons. The molecule has 0 aromatic heterocycles. The number of alkyl halides is 3. The fraction of sp³-hybridized carbons (Fsp3) is 0.429. The second-order valence-corrected chi connectivity index (χ2v) is 7.67. The van der Waals surface area contributed by atoms with E-state index in [9.17, 15) is 28.4 Å². The van der Waals surface area contributed by atoms with Crippen LogP contribution < -0.4 is 0 Å². The van der Waals surface area contributed by atoms with Gasteiger partial charge in [-0.25, -0.2) is 0 Å². The minimum atomic E-state index is -4.65. The summed E-state index contributed by atoms with van der Waals surface area (Å²) in [6.07, 6.45) is -1.53. The van der Waals surface area contributed by atoms with Crippen molar-refractivity contribution in [3.63, 3.8) is 0 Å². The van der Waals surface area contributed by atoms with E-state index in [1.165, 1.54) is 30.3 Å². The summed E-state index contributed by atoms with van der Waals surface area (Å²) in [5.74, 6) is -0.697. The first-order chi connectivity index (χ1) is 14.0. The number of phenolic OH excluding ortho intramolecular Hbond substituents is 1. The zero-order valence-corrected chi connectivity index (χ0v) is 17.0. The second kappa shape index (κ2) is 9.23. The molecule has 0 atom stereocenters. The van der Waals surface area contributed by atoms with Crippen LogP contribution in [-0.4, -0.2) is 10.0 Å². The molecule has 0 heterocycles.